The number of aryl methyl sites for hydroxylation is 1. The number of likely N-dealkylation sites (tertiary alicyclic amines) is 1. The summed E-state index contributed by atoms with van der Waals surface area (Å²) in [5, 5.41) is 9.05. The summed E-state index contributed by atoms with van der Waals surface area (Å²) in [6, 6.07) is -0.747. The SMILES string of the molecule is Cc1sc(=O)n(CC(=O)N2CCC[C@H]2C(=O)O)c1C. The maximum absolute atomic E-state index is 12.2. The number of thiazole rings is 1. The summed E-state index contributed by atoms with van der Waals surface area (Å²) < 4.78 is 1.42. The third-order valence-corrected chi connectivity index (χ3v) is 4.52. The van der Waals surface area contributed by atoms with E-state index in [2.05, 4.69) is 0 Å². The van der Waals surface area contributed by atoms with Crippen LogP contribution in [0.25, 0.3) is 0 Å². The number of carboxylic acids is 1. The third kappa shape index (κ3) is 2.56. The average molecular weight is 284 g/mol. The van der Waals surface area contributed by atoms with E-state index in [9.17, 15) is 14.4 Å². The van der Waals surface area contributed by atoms with Gasteiger partial charge >= 0.3 is 10.8 Å². The number of nitrogens with zero attached hydrogens (tertiary/aromatic N) is 2. The lowest BCUT2D eigenvalue weighted by Gasteiger charge is -2.21. The van der Waals surface area contributed by atoms with Crippen LogP contribution in [0.3, 0.4) is 0 Å². The van der Waals surface area contributed by atoms with Crippen LogP contribution in [-0.4, -0.2) is 39.0 Å². The largest absolute Gasteiger partial charge is 0.480 e. The highest BCUT2D eigenvalue weighted by Crippen LogP contribution is 2.18. The fraction of sp³-hybridized carbons (Fsp3) is 0.583. The molecule has 1 aliphatic heterocycles. The van der Waals surface area contributed by atoms with Gasteiger partial charge in [-0.15, -0.1) is 0 Å². The molecule has 0 unspecified atom stereocenters. The molecule has 19 heavy (non-hydrogen) atoms. The fourth-order valence-electron chi connectivity index (χ4n) is 2.32. The van der Waals surface area contributed by atoms with Gasteiger partial charge in [0.25, 0.3) is 0 Å². The Morgan fingerprint density at radius 1 is 1.42 bits per heavy atom. The third-order valence-electron chi connectivity index (χ3n) is 3.53. The zero-order valence-electron chi connectivity index (χ0n) is 10.9. The first-order valence-corrected chi connectivity index (χ1v) is 6.92. The standard InChI is InChI=1S/C12H16N2O4S/c1-7-8(2)19-12(18)14(7)6-10(15)13-5-3-4-9(13)11(16)17/h9H,3-6H2,1-2H3,(H,16,17)/t9-/m0/s1. The molecule has 1 aromatic heterocycles. The Balaban J connectivity index is 2.17. The Kier molecular flexibility index (Phi) is 3.75. The van der Waals surface area contributed by atoms with Crippen LogP contribution in [0.2, 0.25) is 0 Å². The molecule has 6 nitrogen and oxygen atoms in total. The second kappa shape index (κ2) is 5.16. The molecular weight excluding hydrogens is 268 g/mol. The minimum atomic E-state index is -0.976. The highest BCUT2D eigenvalue weighted by molar-refractivity contribution is 7.09. The summed E-state index contributed by atoms with van der Waals surface area (Å²) in [7, 11) is 0. The molecule has 1 saturated heterocycles. The number of hydrogen-bond donors (Lipinski definition) is 1. The van der Waals surface area contributed by atoms with E-state index in [1.54, 1.807) is 6.92 Å². The van der Waals surface area contributed by atoms with Crippen LogP contribution < -0.4 is 4.87 Å². The molecule has 1 aliphatic rings. The van der Waals surface area contributed by atoms with Crippen molar-refractivity contribution in [1.29, 1.82) is 0 Å². The highest BCUT2D eigenvalue weighted by atomic mass is 32.1. The second-order valence-corrected chi connectivity index (χ2v) is 5.84. The predicted octanol–water partition coefficient (Wildman–Crippen LogP) is 0.602. The lowest BCUT2D eigenvalue weighted by Crippen LogP contribution is -2.42. The zero-order chi connectivity index (χ0) is 14.2. The molecule has 1 fully saturated rings. The van der Waals surface area contributed by atoms with Gasteiger partial charge in [0.15, 0.2) is 0 Å². The summed E-state index contributed by atoms with van der Waals surface area (Å²) in [5.41, 5.74) is 0.773. The van der Waals surface area contributed by atoms with E-state index in [1.807, 2.05) is 6.92 Å². The van der Waals surface area contributed by atoms with Crippen LogP contribution >= 0.6 is 11.3 Å². The Labute approximate surface area is 114 Å². The van der Waals surface area contributed by atoms with Gasteiger partial charge in [-0.3, -0.25) is 14.2 Å². The quantitative estimate of drug-likeness (QED) is 0.881. The molecule has 0 saturated carbocycles. The number of rotatable bonds is 3. The van der Waals surface area contributed by atoms with Crippen LogP contribution in [0.4, 0.5) is 0 Å². The summed E-state index contributed by atoms with van der Waals surface area (Å²) in [5.74, 6) is -1.27. The molecule has 0 bridgehead atoms. The van der Waals surface area contributed by atoms with E-state index in [4.69, 9.17) is 5.11 Å². The minimum Gasteiger partial charge on any atom is -0.480 e. The molecule has 0 radical (unpaired) electrons. The van der Waals surface area contributed by atoms with Crippen LogP contribution in [-0.2, 0) is 16.1 Å². The van der Waals surface area contributed by atoms with Crippen molar-refractivity contribution in [2.24, 2.45) is 0 Å². The molecule has 104 valence electrons. The molecule has 2 heterocycles. The van der Waals surface area contributed by atoms with Crippen LogP contribution in [0.1, 0.15) is 23.4 Å². The van der Waals surface area contributed by atoms with Gasteiger partial charge in [0.05, 0.1) is 0 Å². The van der Waals surface area contributed by atoms with Crippen LogP contribution in [0.5, 0.6) is 0 Å². The molecule has 2 rings (SSSR count). The maximum Gasteiger partial charge on any atom is 0.326 e. The minimum absolute atomic E-state index is 0.0706. The van der Waals surface area contributed by atoms with Crippen molar-refractivity contribution in [1.82, 2.24) is 9.47 Å². The Bertz CT molecular complexity index is 575. The van der Waals surface area contributed by atoms with Crippen molar-refractivity contribution in [2.75, 3.05) is 6.54 Å². The van der Waals surface area contributed by atoms with E-state index in [0.717, 1.165) is 21.9 Å². The van der Waals surface area contributed by atoms with Gasteiger partial charge < -0.3 is 10.0 Å². The monoisotopic (exact) mass is 284 g/mol. The van der Waals surface area contributed by atoms with Crippen molar-refractivity contribution in [3.05, 3.63) is 20.2 Å². The van der Waals surface area contributed by atoms with Crippen LogP contribution in [0, 0.1) is 13.8 Å². The first-order valence-electron chi connectivity index (χ1n) is 6.11. The van der Waals surface area contributed by atoms with Crippen molar-refractivity contribution in [2.45, 2.75) is 39.3 Å². The Morgan fingerprint density at radius 3 is 2.63 bits per heavy atom. The number of hydrogen-bond acceptors (Lipinski definition) is 4. The van der Waals surface area contributed by atoms with Crippen molar-refractivity contribution in [3.63, 3.8) is 0 Å². The molecule has 0 aliphatic carbocycles. The maximum atomic E-state index is 12.2. The summed E-state index contributed by atoms with van der Waals surface area (Å²) >= 11 is 1.11. The smallest absolute Gasteiger partial charge is 0.326 e. The van der Waals surface area contributed by atoms with Gasteiger partial charge in [0, 0.05) is 17.1 Å². The molecule has 1 amide bonds. The summed E-state index contributed by atoms with van der Waals surface area (Å²) in [6.07, 6.45) is 1.18. The Hall–Kier alpha value is -1.63. The van der Waals surface area contributed by atoms with E-state index in [0.29, 0.717) is 19.4 Å². The fourth-order valence-corrected chi connectivity index (χ4v) is 3.15. The molecule has 1 aromatic rings. The van der Waals surface area contributed by atoms with Crippen molar-refractivity contribution < 1.29 is 14.7 Å². The number of aliphatic carboxylic acids is 1. The van der Waals surface area contributed by atoms with Gasteiger partial charge in [-0.2, -0.15) is 0 Å². The van der Waals surface area contributed by atoms with Crippen molar-refractivity contribution >= 4 is 23.2 Å². The molecule has 7 heteroatoms. The van der Waals surface area contributed by atoms with Crippen molar-refractivity contribution in [3.8, 4) is 0 Å². The van der Waals surface area contributed by atoms with Gasteiger partial charge in [-0.25, -0.2) is 4.79 Å². The second-order valence-electron chi connectivity index (χ2n) is 4.68. The summed E-state index contributed by atoms with van der Waals surface area (Å²) in [6.45, 7) is 4.00. The van der Waals surface area contributed by atoms with E-state index in [1.165, 1.54) is 9.47 Å². The predicted molar refractivity (Wildman–Crippen MR) is 70.4 cm³/mol. The normalized spacial score (nSPS) is 18.8. The molecule has 1 atom stereocenters. The molecule has 1 N–H and O–H groups in total. The van der Waals surface area contributed by atoms with E-state index in [-0.39, 0.29) is 17.3 Å². The lowest BCUT2D eigenvalue weighted by molar-refractivity contribution is -0.148. The number of carbonyl (C=O) groups is 2. The van der Waals surface area contributed by atoms with Crippen LogP contribution in [0.15, 0.2) is 4.79 Å². The average Bonchev–Trinajstić information content (AvgIpc) is 2.90. The number of amides is 1. The van der Waals surface area contributed by atoms with Gasteiger partial charge in [0.1, 0.15) is 12.6 Å². The van der Waals surface area contributed by atoms with Gasteiger partial charge in [-0.1, -0.05) is 11.3 Å². The lowest BCUT2D eigenvalue weighted by atomic mass is 10.2. The van der Waals surface area contributed by atoms with E-state index < -0.39 is 12.0 Å². The highest BCUT2D eigenvalue weighted by Gasteiger charge is 2.34. The summed E-state index contributed by atoms with van der Waals surface area (Å²) in [4.78, 5) is 37.0. The first-order chi connectivity index (χ1) is 8.91. The number of aromatic nitrogens is 1. The number of carbonyl (C=O) groups excluding carboxylic acids is 1. The topological polar surface area (TPSA) is 79.6 Å². The first kappa shape index (κ1) is 13.8. The number of carboxylic acid groups (broad SMARTS) is 1. The Morgan fingerprint density at radius 2 is 2.11 bits per heavy atom. The van der Waals surface area contributed by atoms with Gasteiger partial charge in [-0.05, 0) is 26.7 Å². The molecular formula is C12H16N2O4S. The van der Waals surface area contributed by atoms with Gasteiger partial charge in [0.2, 0.25) is 5.91 Å². The molecule has 0 spiro atoms. The van der Waals surface area contributed by atoms with E-state index >= 15 is 0 Å². The zero-order valence-corrected chi connectivity index (χ0v) is 11.7. The molecule has 0 aromatic carbocycles.